The largest absolute Gasteiger partial charge is 0.336 e. The van der Waals surface area contributed by atoms with Crippen LogP contribution in [0.2, 0.25) is 0 Å². The molecule has 1 heterocycles. The molecule has 1 aromatic rings. The van der Waals surface area contributed by atoms with Gasteiger partial charge in [0.2, 0.25) is 0 Å². The summed E-state index contributed by atoms with van der Waals surface area (Å²) in [5.41, 5.74) is 0.653. The van der Waals surface area contributed by atoms with E-state index in [0.29, 0.717) is 23.1 Å². The van der Waals surface area contributed by atoms with Gasteiger partial charge in [-0.05, 0) is 27.6 Å². The number of piperazine rings is 1. The van der Waals surface area contributed by atoms with Gasteiger partial charge in [-0.1, -0.05) is 12.1 Å². The van der Waals surface area contributed by atoms with Crippen LogP contribution < -0.4 is 0 Å². The molecule has 4 nitrogen and oxygen atoms in total. The molecule has 2 rings (SSSR count). The van der Waals surface area contributed by atoms with Gasteiger partial charge in [-0.25, -0.2) is 4.39 Å². The van der Waals surface area contributed by atoms with Crippen molar-refractivity contribution in [2.45, 2.75) is 6.54 Å². The van der Waals surface area contributed by atoms with E-state index in [1.165, 1.54) is 15.9 Å². The van der Waals surface area contributed by atoms with Crippen molar-refractivity contribution in [3.63, 3.8) is 0 Å². The maximum Gasteiger partial charge on any atom is 0.312 e. The third kappa shape index (κ3) is 2.38. The van der Waals surface area contributed by atoms with Crippen LogP contribution in [-0.4, -0.2) is 41.8 Å². The fraction of sp³-hybridized carbons (Fsp3) is 0.333. The second kappa shape index (κ2) is 5.06. The van der Waals surface area contributed by atoms with Crippen LogP contribution in [0, 0.1) is 5.82 Å². The van der Waals surface area contributed by atoms with Gasteiger partial charge >= 0.3 is 11.8 Å². The third-order valence-electron chi connectivity index (χ3n) is 2.91. The molecule has 0 aliphatic carbocycles. The van der Waals surface area contributed by atoms with Gasteiger partial charge in [0.25, 0.3) is 0 Å². The van der Waals surface area contributed by atoms with Crippen molar-refractivity contribution in [3.8, 4) is 0 Å². The van der Waals surface area contributed by atoms with E-state index in [-0.39, 0.29) is 12.4 Å². The maximum atomic E-state index is 13.3. The molecule has 1 aliphatic heterocycles. The molecule has 2 amide bonds. The lowest BCUT2D eigenvalue weighted by Gasteiger charge is -2.31. The van der Waals surface area contributed by atoms with E-state index in [2.05, 4.69) is 15.9 Å². The van der Waals surface area contributed by atoms with Crippen molar-refractivity contribution < 1.29 is 14.0 Å². The molecule has 18 heavy (non-hydrogen) atoms. The zero-order valence-electron chi connectivity index (χ0n) is 9.82. The van der Waals surface area contributed by atoms with Gasteiger partial charge in [0, 0.05) is 26.7 Å². The quantitative estimate of drug-likeness (QED) is 0.774. The predicted octanol–water partition coefficient (Wildman–Crippen LogP) is 1.39. The van der Waals surface area contributed by atoms with Gasteiger partial charge in [-0.2, -0.15) is 0 Å². The van der Waals surface area contributed by atoms with Gasteiger partial charge in [-0.15, -0.1) is 0 Å². The predicted molar refractivity (Wildman–Crippen MR) is 67.2 cm³/mol. The first-order valence-electron chi connectivity index (χ1n) is 5.48. The summed E-state index contributed by atoms with van der Waals surface area (Å²) in [5.74, 6) is -1.44. The lowest BCUT2D eigenvalue weighted by atomic mass is 10.2. The molecule has 0 spiro atoms. The number of halogens is 2. The molecule has 1 saturated heterocycles. The average Bonchev–Trinajstić information content (AvgIpc) is 2.35. The Kier molecular flexibility index (Phi) is 3.65. The Morgan fingerprint density at radius 2 is 2.00 bits per heavy atom. The lowest BCUT2D eigenvalue weighted by Crippen LogP contribution is -2.52. The highest BCUT2D eigenvalue weighted by molar-refractivity contribution is 9.10. The van der Waals surface area contributed by atoms with Crippen LogP contribution in [0.1, 0.15) is 5.56 Å². The van der Waals surface area contributed by atoms with Crippen LogP contribution in [0.4, 0.5) is 4.39 Å². The first kappa shape index (κ1) is 13.0. The van der Waals surface area contributed by atoms with Gasteiger partial charge in [0.1, 0.15) is 5.82 Å². The second-order valence-corrected chi connectivity index (χ2v) is 4.96. The monoisotopic (exact) mass is 314 g/mol. The van der Waals surface area contributed by atoms with Crippen LogP contribution in [0.15, 0.2) is 22.7 Å². The van der Waals surface area contributed by atoms with Crippen molar-refractivity contribution in [1.29, 1.82) is 0 Å². The number of nitrogens with zero attached hydrogens (tertiary/aromatic N) is 2. The fourth-order valence-corrected chi connectivity index (χ4v) is 2.19. The minimum atomic E-state index is -0.542. The summed E-state index contributed by atoms with van der Waals surface area (Å²) >= 11 is 3.15. The number of likely N-dealkylation sites (N-methyl/N-ethyl adjacent to an activating group) is 1. The van der Waals surface area contributed by atoms with Gasteiger partial charge in [0.05, 0.1) is 4.47 Å². The van der Waals surface area contributed by atoms with Crippen LogP contribution >= 0.6 is 15.9 Å². The Morgan fingerprint density at radius 1 is 1.28 bits per heavy atom. The molecule has 0 aromatic heterocycles. The van der Waals surface area contributed by atoms with Crippen molar-refractivity contribution >= 4 is 27.7 Å². The molecule has 0 unspecified atom stereocenters. The number of carbonyl (C=O) groups is 2. The van der Waals surface area contributed by atoms with Crippen molar-refractivity contribution in [1.82, 2.24) is 9.80 Å². The highest BCUT2D eigenvalue weighted by atomic mass is 79.9. The first-order chi connectivity index (χ1) is 8.50. The molecule has 0 saturated carbocycles. The minimum absolute atomic E-state index is 0.233. The molecule has 0 bridgehead atoms. The highest BCUT2D eigenvalue weighted by Gasteiger charge is 2.30. The third-order valence-corrected chi connectivity index (χ3v) is 3.80. The second-order valence-electron chi connectivity index (χ2n) is 4.17. The molecule has 0 atom stereocenters. The number of amides is 2. The first-order valence-corrected chi connectivity index (χ1v) is 6.27. The van der Waals surface area contributed by atoms with Crippen LogP contribution in [0.25, 0.3) is 0 Å². The summed E-state index contributed by atoms with van der Waals surface area (Å²) < 4.78 is 13.7. The topological polar surface area (TPSA) is 40.6 Å². The van der Waals surface area contributed by atoms with Crippen LogP contribution in [0.5, 0.6) is 0 Å². The van der Waals surface area contributed by atoms with E-state index in [4.69, 9.17) is 0 Å². The van der Waals surface area contributed by atoms with Gasteiger partial charge in [-0.3, -0.25) is 9.59 Å². The van der Waals surface area contributed by atoms with Crippen LogP contribution in [0.3, 0.4) is 0 Å². The number of carbonyl (C=O) groups excluding carboxylic acids is 2. The smallest absolute Gasteiger partial charge is 0.312 e. The summed E-state index contributed by atoms with van der Waals surface area (Å²) in [6.07, 6.45) is 0. The lowest BCUT2D eigenvalue weighted by molar-refractivity contribution is -0.155. The van der Waals surface area contributed by atoms with E-state index in [0.717, 1.165) is 0 Å². The molecule has 96 valence electrons. The highest BCUT2D eigenvalue weighted by Crippen LogP contribution is 2.22. The average molecular weight is 315 g/mol. The van der Waals surface area contributed by atoms with E-state index < -0.39 is 11.8 Å². The molecule has 1 aliphatic rings. The van der Waals surface area contributed by atoms with Crippen molar-refractivity contribution in [2.24, 2.45) is 0 Å². The Bertz CT molecular complexity index is 507. The number of hydrogen-bond acceptors (Lipinski definition) is 2. The summed E-state index contributed by atoms with van der Waals surface area (Å²) in [5, 5.41) is 0. The molecule has 0 radical (unpaired) electrons. The molecular weight excluding hydrogens is 303 g/mol. The zero-order chi connectivity index (χ0) is 13.3. The normalized spacial score (nSPS) is 16.4. The van der Waals surface area contributed by atoms with E-state index in [1.54, 1.807) is 19.2 Å². The standard InChI is InChI=1S/C12H12BrFN2O2/c1-15-5-6-16(12(18)11(15)17)7-8-3-2-4-9(14)10(8)13/h2-4H,5-7H2,1H3. The molecule has 6 heteroatoms. The summed E-state index contributed by atoms with van der Waals surface area (Å²) in [6, 6.07) is 4.64. The number of rotatable bonds is 2. The fourth-order valence-electron chi connectivity index (χ4n) is 1.80. The molecular formula is C12H12BrFN2O2. The van der Waals surface area contributed by atoms with Crippen molar-refractivity contribution in [3.05, 3.63) is 34.1 Å². The van der Waals surface area contributed by atoms with E-state index >= 15 is 0 Å². The SMILES string of the molecule is CN1CCN(Cc2cccc(F)c2Br)C(=O)C1=O. The Morgan fingerprint density at radius 3 is 2.72 bits per heavy atom. The van der Waals surface area contributed by atoms with Crippen LogP contribution in [-0.2, 0) is 16.1 Å². The summed E-state index contributed by atoms with van der Waals surface area (Å²) in [7, 11) is 1.59. The Labute approximate surface area is 112 Å². The zero-order valence-corrected chi connectivity index (χ0v) is 11.4. The number of hydrogen-bond donors (Lipinski definition) is 0. The molecule has 1 aromatic carbocycles. The Hall–Kier alpha value is -1.43. The van der Waals surface area contributed by atoms with Gasteiger partial charge < -0.3 is 9.80 Å². The van der Waals surface area contributed by atoms with E-state index in [9.17, 15) is 14.0 Å². The minimum Gasteiger partial charge on any atom is -0.336 e. The van der Waals surface area contributed by atoms with Gasteiger partial charge in [0.15, 0.2) is 0 Å². The summed E-state index contributed by atoms with van der Waals surface area (Å²) in [4.78, 5) is 26.1. The Balaban J connectivity index is 2.17. The van der Waals surface area contributed by atoms with E-state index in [1.807, 2.05) is 0 Å². The number of benzene rings is 1. The molecule has 0 N–H and O–H groups in total. The molecule has 1 fully saturated rings. The van der Waals surface area contributed by atoms with Crippen molar-refractivity contribution in [2.75, 3.05) is 20.1 Å². The maximum absolute atomic E-state index is 13.3. The summed E-state index contributed by atoms with van der Waals surface area (Å²) in [6.45, 7) is 1.19.